The minimum Gasteiger partial charge on any atom is -0.283 e. The average molecular weight is 317 g/mol. The van der Waals surface area contributed by atoms with E-state index >= 15 is 0 Å². The lowest BCUT2D eigenvalue weighted by Crippen LogP contribution is -2.00. The van der Waals surface area contributed by atoms with Gasteiger partial charge in [-0.25, -0.2) is 15.0 Å². The highest BCUT2D eigenvalue weighted by Crippen LogP contribution is 2.22. The topological polar surface area (TPSA) is 43.6 Å². The van der Waals surface area contributed by atoms with Crippen molar-refractivity contribution >= 4 is 27.0 Å². The minimum atomic E-state index is 0.732. The molecule has 0 unspecified atom stereocenters. The molecule has 0 bridgehead atoms. The highest BCUT2D eigenvalue weighted by atomic mass is 79.9. The third-order valence-electron chi connectivity index (χ3n) is 3.20. The Kier molecular flexibility index (Phi) is 2.86. The first-order valence-corrected chi connectivity index (χ1v) is 6.80. The maximum atomic E-state index is 4.46. The summed E-state index contributed by atoms with van der Waals surface area (Å²) < 4.78 is 2.77. The van der Waals surface area contributed by atoms with Crippen molar-refractivity contribution in [1.29, 1.82) is 0 Å². The predicted octanol–water partition coefficient (Wildman–Crippen LogP) is 3.50. The Balaban J connectivity index is 2.28. The molecule has 19 heavy (non-hydrogen) atoms. The molecule has 0 fully saturated rings. The molecule has 0 N–H and O–H groups in total. The second kappa shape index (κ2) is 4.42. The third-order valence-corrected chi connectivity index (χ3v) is 3.61. The molecule has 0 spiro atoms. The highest BCUT2D eigenvalue weighted by Gasteiger charge is 2.09. The average Bonchev–Trinajstić information content (AvgIpc) is 2.71. The van der Waals surface area contributed by atoms with Crippen molar-refractivity contribution in [2.45, 2.75) is 20.8 Å². The Morgan fingerprint density at radius 1 is 1.00 bits per heavy atom. The van der Waals surface area contributed by atoms with Crippen LogP contribution in [0.3, 0.4) is 0 Å². The van der Waals surface area contributed by atoms with Gasteiger partial charge in [0.25, 0.3) is 0 Å². The van der Waals surface area contributed by atoms with Crippen LogP contribution in [0.2, 0.25) is 0 Å². The van der Waals surface area contributed by atoms with E-state index in [1.807, 2.05) is 17.6 Å². The predicted molar refractivity (Wildman–Crippen MR) is 78.6 cm³/mol. The van der Waals surface area contributed by atoms with Gasteiger partial charge in [0.05, 0.1) is 11.0 Å². The summed E-state index contributed by atoms with van der Waals surface area (Å²) in [6, 6.07) is 6.14. The quantitative estimate of drug-likeness (QED) is 0.645. The fourth-order valence-electron chi connectivity index (χ4n) is 2.09. The van der Waals surface area contributed by atoms with Gasteiger partial charge in [-0.1, -0.05) is 0 Å². The fourth-order valence-corrected chi connectivity index (χ4v) is 2.55. The molecular weight excluding hydrogens is 304 g/mol. The van der Waals surface area contributed by atoms with Crippen molar-refractivity contribution in [3.05, 3.63) is 46.1 Å². The van der Waals surface area contributed by atoms with Crippen LogP contribution in [0.4, 0.5) is 0 Å². The van der Waals surface area contributed by atoms with Gasteiger partial charge >= 0.3 is 0 Å². The van der Waals surface area contributed by atoms with Crippen LogP contribution in [0.15, 0.2) is 29.1 Å². The second-order valence-corrected chi connectivity index (χ2v) is 5.45. The Hall–Kier alpha value is -1.75. The van der Waals surface area contributed by atoms with Crippen LogP contribution in [-0.2, 0) is 0 Å². The zero-order valence-corrected chi connectivity index (χ0v) is 12.6. The molecule has 96 valence electrons. The van der Waals surface area contributed by atoms with Gasteiger partial charge in [-0.05, 0) is 60.0 Å². The van der Waals surface area contributed by atoms with Crippen molar-refractivity contribution in [3.63, 3.8) is 0 Å². The summed E-state index contributed by atoms with van der Waals surface area (Å²) in [7, 11) is 0. The summed E-state index contributed by atoms with van der Waals surface area (Å²) in [6.07, 6.45) is 1.80. The van der Waals surface area contributed by atoms with Gasteiger partial charge in [-0.15, -0.1) is 0 Å². The normalized spacial score (nSPS) is 11.2. The molecule has 0 aliphatic carbocycles. The van der Waals surface area contributed by atoms with E-state index in [2.05, 4.69) is 56.9 Å². The molecule has 3 rings (SSSR count). The molecule has 0 amide bonds. The summed E-state index contributed by atoms with van der Waals surface area (Å²) in [6.45, 7) is 6.08. The fraction of sp³-hybridized carbons (Fsp3) is 0.214. The van der Waals surface area contributed by atoms with Crippen molar-refractivity contribution in [2.75, 3.05) is 0 Å². The number of imidazole rings is 1. The molecule has 2 aromatic heterocycles. The van der Waals surface area contributed by atoms with Gasteiger partial charge in [0, 0.05) is 6.07 Å². The maximum absolute atomic E-state index is 4.46. The van der Waals surface area contributed by atoms with Crippen LogP contribution in [-0.4, -0.2) is 19.5 Å². The largest absolute Gasteiger partial charge is 0.283 e. The molecule has 0 saturated heterocycles. The molecule has 0 aliphatic rings. The van der Waals surface area contributed by atoms with E-state index in [0.717, 1.165) is 27.3 Å². The summed E-state index contributed by atoms with van der Waals surface area (Å²) >= 11 is 3.40. The van der Waals surface area contributed by atoms with E-state index in [1.54, 1.807) is 6.33 Å². The van der Waals surface area contributed by atoms with Crippen LogP contribution < -0.4 is 0 Å². The van der Waals surface area contributed by atoms with E-state index in [0.29, 0.717) is 0 Å². The summed E-state index contributed by atoms with van der Waals surface area (Å²) in [5.74, 6) is 1.56. The number of nitrogens with zero attached hydrogens (tertiary/aromatic N) is 4. The number of aromatic nitrogens is 4. The molecule has 0 radical (unpaired) electrons. The lowest BCUT2D eigenvalue weighted by Gasteiger charge is -2.06. The number of halogens is 1. The van der Waals surface area contributed by atoms with Gasteiger partial charge in [-0.3, -0.25) is 4.57 Å². The van der Waals surface area contributed by atoms with Crippen molar-refractivity contribution in [2.24, 2.45) is 0 Å². The number of fused-ring (bicyclic) bond motifs is 1. The summed E-state index contributed by atoms with van der Waals surface area (Å²) in [5, 5.41) is 0. The highest BCUT2D eigenvalue weighted by molar-refractivity contribution is 9.10. The number of hydrogen-bond acceptors (Lipinski definition) is 3. The van der Waals surface area contributed by atoms with Gasteiger partial charge < -0.3 is 0 Å². The minimum absolute atomic E-state index is 0.732. The van der Waals surface area contributed by atoms with Crippen LogP contribution in [0, 0.1) is 20.8 Å². The van der Waals surface area contributed by atoms with Crippen LogP contribution in [0.5, 0.6) is 0 Å². The molecule has 0 atom stereocenters. The van der Waals surface area contributed by atoms with Gasteiger partial charge in [0.15, 0.2) is 0 Å². The van der Waals surface area contributed by atoms with Gasteiger partial charge in [0.2, 0.25) is 0 Å². The zero-order valence-electron chi connectivity index (χ0n) is 11.0. The molecule has 3 aromatic rings. The summed E-state index contributed by atoms with van der Waals surface area (Å²) in [5.41, 5.74) is 4.54. The summed E-state index contributed by atoms with van der Waals surface area (Å²) in [4.78, 5) is 13.1. The van der Waals surface area contributed by atoms with E-state index in [9.17, 15) is 0 Å². The molecule has 5 heteroatoms. The molecule has 0 aliphatic heterocycles. The molecule has 1 aromatic carbocycles. The second-order valence-electron chi connectivity index (χ2n) is 4.64. The number of rotatable bonds is 1. The number of hydrogen-bond donors (Lipinski definition) is 0. The SMILES string of the molecule is Cc1nc(Br)cc(-n2cnc3cc(C)c(C)cc32)n1. The van der Waals surface area contributed by atoms with Gasteiger partial charge in [-0.2, -0.15) is 0 Å². The van der Waals surface area contributed by atoms with Crippen molar-refractivity contribution in [3.8, 4) is 5.82 Å². The van der Waals surface area contributed by atoms with E-state index in [4.69, 9.17) is 0 Å². The Morgan fingerprint density at radius 3 is 2.47 bits per heavy atom. The van der Waals surface area contributed by atoms with Crippen LogP contribution in [0.1, 0.15) is 17.0 Å². The van der Waals surface area contributed by atoms with E-state index in [-0.39, 0.29) is 0 Å². The molecule has 0 saturated carbocycles. The lowest BCUT2D eigenvalue weighted by atomic mass is 10.1. The Bertz CT molecular complexity index is 756. The first kappa shape index (κ1) is 12.3. The van der Waals surface area contributed by atoms with Crippen LogP contribution >= 0.6 is 15.9 Å². The molecular formula is C14H13BrN4. The smallest absolute Gasteiger partial charge is 0.143 e. The Morgan fingerprint density at radius 2 is 1.74 bits per heavy atom. The Labute approximate surface area is 119 Å². The molecule has 2 heterocycles. The van der Waals surface area contributed by atoms with Crippen molar-refractivity contribution in [1.82, 2.24) is 19.5 Å². The standard InChI is InChI=1S/C14H13BrN4/c1-8-4-11-12(5-9(8)2)19(7-16-11)14-6-13(15)17-10(3)18-14/h4-7H,1-3H3. The lowest BCUT2D eigenvalue weighted by molar-refractivity contribution is 0.943. The third kappa shape index (κ3) is 2.14. The molecule has 4 nitrogen and oxygen atoms in total. The van der Waals surface area contributed by atoms with Gasteiger partial charge in [0.1, 0.15) is 22.6 Å². The van der Waals surface area contributed by atoms with E-state index in [1.165, 1.54) is 11.1 Å². The number of aryl methyl sites for hydroxylation is 3. The first-order chi connectivity index (χ1) is 9.04. The van der Waals surface area contributed by atoms with Crippen molar-refractivity contribution < 1.29 is 0 Å². The van der Waals surface area contributed by atoms with Crippen LogP contribution in [0.25, 0.3) is 16.9 Å². The van der Waals surface area contributed by atoms with E-state index < -0.39 is 0 Å². The maximum Gasteiger partial charge on any atom is 0.143 e. The first-order valence-electron chi connectivity index (χ1n) is 6.00. The zero-order chi connectivity index (χ0) is 13.6. The number of benzene rings is 1. The monoisotopic (exact) mass is 316 g/mol.